The average Bonchev–Trinajstić information content (AvgIpc) is 2.77. The first-order chi connectivity index (χ1) is 9.88. The number of nitrogens with one attached hydrogen (secondary N) is 2. The molecule has 20 heavy (non-hydrogen) atoms. The quantitative estimate of drug-likeness (QED) is 0.879. The fraction of sp³-hybridized carbons (Fsp3) is 0.615. The van der Waals surface area contributed by atoms with E-state index in [1.165, 1.54) is 0 Å². The van der Waals surface area contributed by atoms with Crippen LogP contribution < -0.4 is 10.2 Å². The Morgan fingerprint density at radius 3 is 3.20 bits per heavy atom. The van der Waals surface area contributed by atoms with Gasteiger partial charge in [0.25, 0.3) is 0 Å². The lowest BCUT2D eigenvalue weighted by molar-refractivity contribution is 0.152. The number of H-pyrrole nitrogens is 1. The standard InChI is InChI=1S/C13H20N6O/c1-2-4-14-13-16-11-10(9-15-18-11)12(17-13)19-5-3-7-20-8-6-19/h9H,2-8H2,1H3,(H2,14,15,16,17,18). The minimum atomic E-state index is 0.656. The molecule has 2 N–H and O–H groups in total. The lowest BCUT2D eigenvalue weighted by Gasteiger charge is -2.21. The number of hydrogen-bond donors (Lipinski definition) is 2. The highest BCUT2D eigenvalue weighted by atomic mass is 16.5. The summed E-state index contributed by atoms with van der Waals surface area (Å²) >= 11 is 0. The highest BCUT2D eigenvalue weighted by Gasteiger charge is 2.17. The molecule has 0 bridgehead atoms. The molecule has 2 aromatic heterocycles. The zero-order valence-electron chi connectivity index (χ0n) is 11.7. The summed E-state index contributed by atoms with van der Waals surface area (Å²) in [6.45, 7) is 6.34. The van der Waals surface area contributed by atoms with Crippen LogP contribution >= 0.6 is 0 Å². The summed E-state index contributed by atoms with van der Waals surface area (Å²) in [5, 5.41) is 11.2. The molecular weight excluding hydrogens is 256 g/mol. The van der Waals surface area contributed by atoms with Crippen LogP contribution in [0.4, 0.5) is 11.8 Å². The molecule has 3 rings (SSSR count). The Morgan fingerprint density at radius 2 is 2.30 bits per heavy atom. The van der Waals surface area contributed by atoms with Crippen LogP contribution in [0.3, 0.4) is 0 Å². The smallest absolute Gasteiger partial charge is 0.226 e. The minimum Gasteiger partial charge on any atom is -0.380 e. The summed E-state index contributed by atoms with van der Waals surface area (Å²) in [6, 6.07) is 0. The maximum absolute atomic E-state index is 5.51. The third-order valence-electron chi connectivity index (χ3n) is 3.34. The van der Waals surface area contributed by atoms with Crippen LogP contribution in [0, 0.1) is 0 Å². The highest BCUT2D eigenvalue weighted by Crippen LogP contribution is 2.24. The second-order valence-electron chi connectivity index (χ2n) is 4.88. The van der Waals surface area contributed by atoms with Crippen molar-refractivity contribution < 1.29 is 4.74 Å². The molecule has 1 aliphatic heterocycles. The van der Waals surface area contributed by atoms with Crippen molar-refractivity contribution in [2.75, 3.05) is 43.1 Å². The van der Waals surface area contributed by atoms with Gasteiger partial charge in [-0.1, -0.05) is 6.92 Å². The van der Waals surface area contributed by atoms with E-state index in [-0.39, 0.29) is 0 Å². The molecule has 1 fully saturated rings. The van der Waals surface area contributed by atoms with Gasteiger partial charge < -0.3 is 15.0 Å². The zero-order chi connectivity index (χ0) is 13.8. The molecule has 2 aromatic rings. The fourth-order valence-corrected chi connectivity index (χ4v) is 2.33. The van der Waals surface area contributed by atoms with Gasteiger partial charge in [0.05, 0.1) is 18.2 Å². The van der Waals surface area contributed by atoms with Gasteiger partial charge in [0.1, 0.15) is 5.82 Å². The Hall–Kier alpha value is -1.89. The van der Waals surface area contributed by atoms with Crippen molar-refractivity contribution >= 4 is 22.8 Å². The number of nitrogens with zero attached hydrogens (tertiary/aromatic N) is 4. The predicted molar refractivity (Wildman–Crippen MR) is 78.1 cm³/mol. The second kappa shape index (κ2) is 6.04. The molecule has 1 aliphatic rings. The van der Waals surface area contributed by atoms with E-state index in [0.29, 0.717) is 5.95 Å². The maximum atomic E-state index is 5.51. The molecule has 7 nitrogen and oxygen atoms in total. The van der Waals surface area contributed by atoms with Crippen molar-refractivity contribution in [2.24, 2.45) is 0 Å². The highest BCUT2D eigenvalue weighted by molar-refractivity contribution is 5.87. The van der Waals surface area contributed by atoms with Crippen LogP contribution in [-0.4, -0.2) is 53.0 Å². The molecule has 0 unspecified atom stereocenters. The molecule has 0 saturated carbocycles. The first-order valence-corrected chi connectivity index (χ1v) is 7.16. The summed E-state index contributed by atoms with van der Waals surface area (Å²) in [7, 11) is 0. The molecule has 0 atom stereocenters. The van der Waals surface area contributed by atoms with Gasteiger partial charge in [-0.3, -0.25) is 5.10 Å². The Labute approximate surface area is 117 Å². The summed E-state index contributed by atoms with van der Waals surface area (Å²) < 4.78 is 5.51. The van der Waals surface area contributed by atoms with Crippen molar-refractivity contribution in [3.05, 3.63) is 6.20 Å². The molecule has 1 saturated heterocycles. The molecule has 3 heterocycles. The monoisotopic (exact) mass is 276 g/mol. The van der Waals surface area contributed by atoms with Crippen LogP contribution in [0.15, 0.2) is 6.20 Å². The van der Waals surface area contributed by atoms with Crippen LogP contribution in [0.2, 0.25) is 0 Å². The first kappa shape index (κ1) is 13.1. The third-order valence-corrected chi connectivity index (χ3v) is 3.34. The largest absolute Gasteiger partial charge is 0.380 e. The molecule has 108 valence electrons. The predicted octanol–water partition coefficient (Wildman–Crippen LogP) is 1.40. The van der Waals surface area contributed by atoms with E-state index in [1.54, 1.807) is 6.20 Å². The van der Waals surface area contributed by atoms with E-state index >= 15 is 0 Å². The number of ether oxygens (including phenoxy) is 1. The van der Waals surface area contributed by atoms with Gasteiger partial charge in [-0.2, -0.15) is 15.1 Å². The third kappa shape index (κ3) is 2.67. The van der Waals surface area contributed by atoms with Gasteiger partial charge in [0.15, 0.2) is 5.65 Å². The molecular formula is C13H20N6O. The number of rotatable bonds is 4. The van der Waals surface area contributed by atoms with E-state index in [1.807, 2.05) is 0 Å². The molecule has 0 spiro atoms. The minimum absolute atomic E-state index is 0.656. The Morgan fingerprint density at radius 1 is 1.35 bits per heavy atom. The first-order valence-electron chi connectivity index (χ1n) is 7.16. The van der Waals surface area contributed by atoms with E-state index < -0.39 is 0 Å². The van der Waals surface area contributed by atoms with Crippen molar-refractivity contribution in [1.29, 1.82) is 0 Å². The number of anilines is 2. The van der Waals surface area contributed by atoms with Crippen LogP contribution in [0.5, 0.6) is 0 Å². The lowest BCUT2D eigenvalue weighted by atomic mass is 10.3. The normalized spacial score (nSPS) is 16.4. The van der Waals surface area contributed by atoms with E-state index in [2.05, 4.69) is 37.3 Å². The Kier molecular flexibility index (Phi) is 3.96. The van der Waals surface area contributed by atoms with Gasteiger partial charge in [0, 0.05) is 26.2 Å². The van der Waals surface area contributed by atoms with E-state index in [0.717, 1.165) is 62.5 Å². The van der Waals surface area contributed by atoms with Crippen molar-refractivity contribution in [3.8, 4) is 0 Å². The van der Waals surface area contributed by atoms with Gasteiger partial charge in [0.2, 0.25) is 5.95 Å². The summed E-state index contributed by atoms with van der Waals surface area (Å²) in [6.07, 6.45) is 3.85. The summed E-state index contributed by atoms with van der Waals surface area (Å²) in [5.74, 6) is 1.59. The molecule has 0 aliphatic carbocycles. The van der Waals surface area contributed by atoms with Crippen molar-refractivity contribution in [1.82, 2.24) is 20.2 Å². The number of fused-ring (bicyclic) bond motifs is 1. The van der Waals surface area contributed by atoms with Crippen molar-refractivity contribution in [3.63, 3.8) is 0 Å². The van der Waals surface area contributed by atoms with Crippen LogP contribution in [0.25, 0.3) is 11.0 Å². The molecule has 0 radical (unpaired) electrons. The van der Waals surface area contributed by atoms with E-state index in [4.69, 9.17) is 4.74 Å². The molecule has 0 aromatic carbocycles. The van der Waals surface area contributed by atoms with Crippen LogP contribution in [0.1, 0.15) is 19.8 Å². The maximum Gasteiger partial charge on any atom is 0.226 e. The van der Waals surface area contributed by atoms with E-state index in [9.17, 15) is 0 Å². The number of aromatic nitrogens is 4. The van der Waals surface area contributed by atoms with Gasteiger partial charge in [-0.05, 0) is 12.8 Å². The summed E-state index contributed by atoms with van der Waals surface area (Å²) in [4.78, 5) is 11.4. The van der Waals surface area contributed by atoms with Crippen LogP contribution in [-0.2, 0) is 4.74 Å². The van der Waals surface area contributed by atoms with Gasteiger partial charge >= 0.3 is 0 Å². The zero-order valence-corrected chi connectivity index (χ0v) is 11.7. The van der Waals surface area contributed by atoms with Crippen molar-refractivity contribution in [2.45, 2.75) is 19.8 Å². The average molecular weight is 276 g/mol. The number of hydrogen-bond acceptors (Lipinski definition) is 6. The Balaban J connectivity index is 1.95. The Bertz CT molecular complexity index is 561. The fourth-order valence-electron chi connectivity index (χ4n) is 2.33. The lowest BCUT2D eigenvalue weighted by Crippen LogP contribution is -2.27. The SMILES string of the molecule is CCCNc1nc(N2CCCOCC2)c2cn[nH]c2n1. The van der Waals surface area contributed by atoms with Gasteiger partial charge in [-0.25, -0.2) is 0 Å². The number of aromatic amines is 1. The molecule has 0 amide bonds. The molecule has 7 heteroatoms. The van der Waals surface area contributed by atoms with Gasteiger partial charge in [-0.15, -0.1) is 0 Å². The second-order valence-corrected chi connectivity index (χ2v) is 4.88. The summed E-state index contributed by atoms with van der Waals surface area (Å²) in [5.41, 5.74) is 0.777. The topological polar surface area (TPSA) is 79.0 Å².